The molecule has 4 nitrogen and oxygen atoms in total. The SMILES string of the molecule is O/N=C/c1ccc2c(Cl)nccn12. The third-order valence-electron chi connectivity index (χ3n) is 1.75. The Bertz CT molecular complexity index is 463. The molecule has 2 aromatic rings. The van der Waals surface area contributed by atoms with E-state index < -0.39 is 0 Å². The molecule has 0 saturated heterocycles. The number of hydrogen-bond donors (Lipinski definition) is 1. The molecule has 0 atom stereocenters. The maximum absolute atomic E-state index is 8.37. The Morgan fingerprint density at radius 2 is 2.38 bits per heavy atom. The number of oxime groups is 1. The monoisotopic (exact) mass is 195 g/mol. The minimum atomic E-state index is 0.431. The van der Waals surface area contributed by atoms with Gasteiger partial charge in [0.2, 0.25) is 0 Å². The summed E-state index contributed by atoms with van der Waals surface area (Å²) < 4.78 is 1.79. The molecular weight excluding hydrogens is 190 g/mol. The summed E-state index contributed by atoms with van der Waals surface area (Å²) in [5, 5.41) is 11.8. The summed E-state index contributed by atoms with van der Waals surface area (Å²) in [6, 6.07) is 3.61. The van der Waals surface area contributed by atoms with E-state index in [1.54, 1.807) is 22.9 Å². The molecule has 13 heavy (non-hydrogen) atoms. The van der Waals surface area contributed by atoms with Gasteiger partial charge < -0.3 is 9.61 Å². The lowest BCUT2D eigenvalue weighted by Crippen LogP contribution is -1.91. The predicted octanol–water partition coefficient (Wildman–Crippen LogP) is 1.80. The molecule has 0 saturated carbocycles. The fraction of sp³-hybridized carbons (Fsp3) is 0. The summed E-state index contributed by atoms with van der Waals surface area (Å²) in [4.78, 5) is 3.92. The highest BCUT2D eigenvalue weighted by molar-refractivity contribution is 6.32. The zero-order valence-electron chi connectivity index (χ0n) is 6.55. The van der Waals surface area contributed by atoms with Crippen molar-refractivity contribution in [2.75, 3.05) is 0 Å². The first kappa shape index (κ1) is 8.07. The van der Waals surface area contributed by atoms with Crippen LogP contribution in [0.1, 0.15) is 5.69 Å². The molecule has 2 rings (SSSR count). The van der Waals surface area contributed by atoms with Crippen molar-refractivity contribution < 1.29 is 5.21 Å². The van der Waals surface area contributed by atoms with Gasteiger partial charge in [0.25, 0.3) is 0 Å². The molecular formula is C8H6ClN3O. The standard InChI is InChI=1S/C8H6ClN3O/c9-8-7-2-1-6(5-11-13)12(7)4-3-10-8/h1-5,13H/b11-5+. The maximum Gasteiger partial charge on any atom is 0.153 e. The van der Waals surface area contributed by atoms with E-state index in [0.717, 1.165) is 11.2 Å². The first-order valence-electron chi connectivity index (χ1n) is 3.62. The van der Waals surface area contributed by atoms with Gasteiger partial charge in [0.15, 0.2) is 5.15 Å². The lowest BCUT2D eigenvalue weighted by molar-refractivity contribution is 0.321. The van der Waals surface area contributed by atoms with Gasteiger partial charge >= 0.3 is 0 Å². The van der Waals surface area contributed by atoms with Gasteiger partial charge in [-0.15, -0.1) is 0 Å². The molecule has 0 unspecified atom stereocenters. The van der Waals surface area contributed by atoms with Gasteiger partial charge in [-0.05, 0) is 12.1 Å². The van der Waals surface area contributed by atoms with E-state index in [1.165, 1.54) is 6.21 Å². The van der Waals surface area contributed by atoms with Gasteiger partial charge in [-0.1, -0.05) is 16.8 Å². The Morgan fingerprint density at radius 1 is 1.54 bits per heavy atom. The van der Waals surface area contributed by atoms with Crippen LogP contribution < -0.4 is 0 Å². The summed E-state index contributed by atoms with van der Waals surface area (Å²) in [7, 11) is 0. The Morgan fingerprint density at radius 3 is 3.15 bits per heavy atom. The van der Waals surface area contributed by atoms with Gasteiger partial charge in [-0.2, -0.15) is 0 Å². The molecule has 0 amide bonds. The second-order valence-corrected chi connectivity index (χ2v) is 2.83. The van der Waals surface area contributed by atoms with Crippen molar-refractivity contribution >= 4 is 23.3 Å². The summed E-state index contributed by atoms with van der Waals surface area (Å²) in [5.74, 6) is 0. The van der Waals surface area contributed by atoms with Gasteiger partial charge in [-0.25, -0.2) is 4.98 Å². The van der Waals surface area contributed by atoms with Gasteiger partial charge in [0, 0.05) is 12.4 Å². The molecule has 0 aliphatic rings. The highest BCUT2D eigenvalue weighted by atomic mass is 35.5. The van der Waals surface area contributed by atoms with Crippen LogP contribution in [0.2, 0.25) is 5.15 Å². The van der Waals surface area contributed by atoms with Crippen LogP contribution in [0.5, 0.6) is 0 Å². The van der Waals surface area contributed by atoms with Crippen molar-refractivity contribution in [1.82, 2.24) is 9.38 Å². The number of fused-ring (bicyclic) bond motifs is 1. The zero-order valence-corrected chi connectivity index (χ0v) is 7.31. The molecule has 0 aliphatic heterocycles. The largest absolute Gasteiger partial charge is 0.411 e. The fourth-order valence-electron chi connectivity index (χ4n) is 1.19. The molecule has 0 bridgehead atoms. The maximum atomic E-state index is 8.37. The fourth-order valence-corrected chi connectivity index (χ4v) is 1.40. The van der Waals surface area contributed by atoms with Gasteiger partial charge in [0.1, 0.15) is 0 Å². The first-order valence-corrected chi connectivity index (χ1v) is 4.00. The number of aromatic nitrogens is 2. The number of nitrogens with zero attached hydrogens (tertiary/aromatic N) is 3. The molecule has 0 spiro atoms. The Kier molecular flexibility index (Phi) is 1.90. The van der Waals surface area contributed by atoms with Gasteiger partial charge in [0.05, 0.1) is 17.4 Å². The van der Waals surface area contributed by atoms with Crippen LogP contribution in [0, 0.1) is 0 Å². The van der Waals surface area contributed by atoms with E-state index in [-0.39, 0.29) is 0 Å². The summed E-state index contributed by atoms with van der Waals surface area (Å²) in [5.41, 5.74) is 1.54. The average Bonchev–Trinajstić information content (AvgIpc) is 2.51. The smallest absolute Gasteiger partial charge is 0.153 e. The van der Waals surface area contributed by atoms with Crippen molar-refractivity contribution in [2.24, 2.45) is 5.16 Å². The summed E-state index contributed by atoms with van der Waals surface area (Å²) >= 11 is 5.83. The number of hydrogen-bond acceptors (Lipinski definition) is 3. The van der Waals surface area contributed by atoms with Crippen molar-refractivity contribution in [1.29, 1.82) is 0 Å². The number of halogens is 1. The Labute approximate surface area is 79.1 Å². The lowest BCUT2D eigenvalue weighted by atomic mass is 10.5. The molecule has 0 aliphatic carbocycles. The molecule has 2 heterocycles. The third-order valence-corrected chi connectivity index (χ3v) is 2.05. The number of rotatable bonds is 1. The van der Waals surface area contributed by atoms with Gasteiger partial charge in [-0.3, -0.25) is 0 Å². The molecule has 0 fully saturated rings. The van der Waals surface area contributed by atoms with Crippen LogP contribution in [0.3, 0.4) is 0 Å². The summed E-state index contributed by atoms with van der Waals surface area (Å²) in [6.45, 7) is 0. The Hall–Kier alpha value is -1.55. The second kappa shape index (κ2) is 3.06. The summed E-state index contributed by atoms with van der Waals surface area (Å²) in [6.07, 6.45) is 4.67. The normalized spacial score (nSPS) is 11.5. The minimum Gasteiger partial charge on any atom is -0.411 e. The van der Waals surface area contributed by atoms with Crippen molar-refractivity contribution in [3.8, 4) is 0 Å². The van der Waals surface area contributed by atoms with E-state index in [0.29, 0.717) is 5.15 Å². The van der Waals surface area contributed by atoms with E-state index in [4.69, 9.17) is 16.8 Å². The quantitative estimate of drug-likeness (QED) is 0.429. The minimum absolute atomic E-state index is 0.431. The van der Waals surface area contributed by atoms with Crippen LogP contribution in [0.4, 0.5) is 0 Å². The van der Waals surface area contributed by atoms with Crippen molar-refractivity contribution in [3.05, 3.63) is 35.4 Å². The molecule has 0 aromatic carbocycles. The predicted molar refractivity (Wildman–Crippen MR) is 49.6 cm³/mol. The molecule has 2 aromatic heterocycles. The molecule has 0 radical (unpaired) electrons. The Balaban J connectivity index is 2.75. The zero-order chi connectivity index (χ0) is 9.26. The topological polar surface area (TPSA) is 49.9 Å². The molecule has 1 N–H and O–H groups in total. The average molecular weight is 196 g/mol. The first-order chi connectivity index (χ1) is 6.33. The third kappa shape index (κ3) is 1.25. The lowest BCUT2D eigenvalue weighted by Gasteiger charge is -1.97. The van der Waals surface area contributed by atoms with E-state index in [1.807, 2.05) is 6.07 Å². The second-order valence-electron chi connectivity index (χ2n) is 2.48. The van der Waals surface area contributed by atoms with Crippen LogP contribution in [-0.2, 0) is 0 Å². The molecule has 66 valence electrons. The van der Waals surface area contributed by atoms with Crippen LogP contribution in [-0.4, -0.2) is 20.8 Å². The van der Waals surface area contributed by atoms with E-state index >= 15 is 0 Å². The van der Waals surface area contributed by atoms with Crippen molar-refractivity contribution in [2.45, 2.75) is 0 Å². The van der Waals surface area contributed by atoms with E-state index in [2.05, 4.69) is 10.1 Å². The van der Waals surface area contributed by atoms with Crippen LogP contribution in [0.25, 0.3) is 5.52 Å². The van der Waals surface area contributed by atoms with Crippen LogP contribution >= 0.6 is 11.6 Å². The van der Waals surface area contributed by atoms with E-state index in [9.17, 15) is 0 Å². The van der Waals surface area contributed by atoms with Crippen LogP contribution in [0.15, 0.2) is 29.7 Å². The van der Waals surface area contributed by atoms with Crippen molar-refractivity contribution in [3.63, 3.8) is 0 Å². The highest BCUT2D eigenvalue weighted by Crippen LogP contribution is 2.15. The molecule has 5 heteroatoms. The highest BCUT2D eigenvalue weighted by Gasteiger charge is 2.02.